The zero-order chi connectivity index (χ0) is 50.0. The summed E-state index contributed by atoms with van der Waals surface area (Å²) in [5.41, 5.74) is 6.86. The van der Waals surface area contributed by atoms with Crippen molar-refractivity contribution < 1.29 is 32.6 Å². The highest BCUT2D eigenvalue weighted by Crippen LogP contribution is 2.56. The van der Waals surface area contributed by atoms with Crippen LogP contribution in [0.3, 0.4) is 0 Å². The predicted molar refractivity (Wildman–Crippen MR) is 269 cm³/mol. The summed E-state index contributed by atoms with van der Waals surface area (Å²) in [6, 6.07) is 17.1. The summed E-state index contributed by atoms with van der Waals surface area (Å²) in [6.07, 6.45) is 11.2. The highest BCUT2D eigenvalue weighted by atomic mass is 35.5. The summed E-state index contributed by atoms with van der Waals surface area (Å²) in [7, 11) is 1.30. The van der Waals surface area contributed by atoms with Gasteiger partial charge in [0.25, 0.3) is 5.56 Å². The third-order valence-electron chi connectivity index (χ3n) is 16.2. The van der Waals surface area contributed by atoms with Crippen LogP contribution in [0.5, 0.6) is 11.5 Å². The van der Waals surface area contributed by atoms with E-state index in [-0.39, 0.29) is 69.2 Å². The molecule has 1 saturated carbocycles. The maximum Gasteiger partial charge on any atom is 0.321 e. The number of likely N-dealkylation sites (tertiary alicyclic amines) is 2. The van der Waals surface area contributed by atoms with Gasteiger partial charge in [0.15, 0.2) is 17.2 Å². The van der Waals surface area contributed by atoms with E-state index >= 15 is 8.78 Å². The summed E-state index contributed by atoms with van der Waals surface area (Å²) in [4.78, 5) is 58.5. The third kappa shape index (κ3) is 10.5. The van der Waals surface area contributed by atoms with Crippen LogP contribution in [0, 0.1) is 29.4 Å². The first-order valence-corrected chi connectivity index (χ1v) is 25.7. The van der Waals surface area contributed by atoms with Gasteiger partial charge in [0.2, 0.25) is 11.8 Å². The molecule has 5 aliphatic rings. The van der Waals surface area contributed by atoms with Crippen LogP contribution in [-0.2, 0) is 23.5 Å². The van der Waals surface area contributed by atoms with Gasteiger partial charge in [0, 0.05) is 104 Å². The van der Waals surface area contributed by atoms with Gasteiger partial charge in [-0.3, -0.25) is 14.4 Å². The van der Waals surface area contributed by atoms with Crippen molar-refractivity contribution in [2.75, 3.05) is 52.9 Å². The number of pyridine rings is 1. The second-order valence-corrected chi connectivity index (χ2v) is 20.7. The molecule has 1 aliphatic carbocycles. The average molecular weight is 995 g/mol. The van der Waals surface area contributed by atoms with Crippen LogP contribution in [-0.4, -0.2) is 96.1 Å². The number of nitrogens with two attached hydrogens (primary N) is 1. The number of carbonyl (C=O) groups excluding carboxylic acids is 3. The van der Waals surface area contributed by atoms with Crippen molar-refractivity contribution >= 4 is 29.4 Å². The number of hydrogen-bond acceptors (Lipinski definition) is 8. The average Bonchev–Trinajstić information content (AvgIpc) is 3.66. The molecule has 0 bridgehead atoms. The Balaban J connectivity index is 0.750. The second kappa shape index (κ2) is 21.5. The molecule has 71 heavy (non-hydrogen) atoms. The van der Waals surface area contributed by atoms with E-state index in [4.69, 9.17) is 26.8 Å². The lowest BCUT2D eigenvalue weighted by atomic mass is 9.77. The van der Waals surface area contributed by atoms with Crippen LogP contribution < -0.4 is 31.4 Å². The minimum atomic E-state index is -1.06. The molecule has 4 N–H and O–H groups in total. The normalized spacial score (nSPS) is 23.3. The number of piperidine rings is 2. The number of nitrogens with one attached hydrogen (secondary N) is 2. The summed E-state index contributed by atoms with van der Waals surface area (Å²) in [5, 5.41) is 6.17. The Kier molecular flexibility index (Phi) is 15.2. The van der Waals surface area contributed by atoms with Crippen LogP contribution in [0.2, 0.25) is 5.02 Å². The van der Waals surface area contributed by atoms with Gasteiger partial charge in [0.05, 0.1) is 24.2 Å². The van der Waals surface area contributed by atoms with Crippen molar-refractivity contribution in [3.63, 3.8) is 0 Å². The molecule has 0 radical (unpaired) electrons. The van der Waals surface area contributed by atoms with Gasteiger partial charge in [-0.1, -0.05) is 61.5 Å². The number of urea groups is 1. The Morgan fingerprint density at radius 2 is 1.62 bits per heavy atom. The van der Waals surface area contributed by atoms with Crippen molar-refractivity contribution in [3.05, 3.63) is 128 Å². The molecule has 4 aliphatic heterocycles. The van der Waals surface area contributed by atoms with Crippen molar-refractivity contribution in [1.82, 2.24) is 29.9 Å². The van der Waals surface area contributed by atoms with Crippen LogP contribution in [0.1, 0.15) is 104 Å². The molecule has 3 saturated heterocycles. The molecular weight excluding hydrogens is 928 g/mol. The number of carbonyl (C=O) groups is 3. The number of amides is 4. The summed E-state index contributed by atoms with van der Waals surface area (Å²) in [6.45, 7) is 12.0. The molecule has 0 spiro atoms. The van der Waals surface area contributed by atoms with Gasteiger partial charge < -0.3 is 45.1 Å². The van der Waals surface area contributed by atoms with E-state index in [1.807, 2.05) is 55.6 Å². The van der Waals surface area contributed by atoms with Gasteiger partial charge in [-0.05, 0) is 106 Å². The van der Waals surface area contributed by atoms with Crippen molar-refractivity contribution in [2.45, 2.75) is 102 Å². The minimum Gasteiger partial charge on any atom is -0.494 e. The molecule has 4 aromatic rings. The van der Waals surface area contributed by atoms with E-state index in [9.17, 15) is 19.2 Å². The standard InChI is InChI=1S/C55H66ClF2N7O6/c1-34-17-25-65(54(69)61-34)32-39-8-7-22-63(53(39)68)29-28-62-23-18-36(19-24-62)30-37-20-26-64(27-21-37)52(67)38-11-13-41(14-12-38)60-33-55(40-9-5-4-6-10-40)35(2)46-45(71-55)31-43(57)49(56)48(46)47-42(51(59)66)15-16-44(70-3)50(47)58/h4-10,15-16,22,31,35-38,41,60H,1,11-14,17-21,23-30,32-33H2,2-3H3,(H2,59,66)(H,61,69)/t35-,38?,41?,55-/m0/s1. The molecule has 9 rings (SSSR count). The number of halogens is 3. The number of benzene rings is 3. The third-order valence-corrected chi connectivity index (χ3v) is 16.5. The predicted octanol–water partition coefficient (Wildman–Crippen LogP) is 8.56. The fourth-order valence-electron chi connectivity index (χ4n) is 11.9. The van der Waals surface area contributed by atoms with Crippen molar-refractivity contribution in [3.8, 4) is 22.6 Å². The first kappa shape index (κ1) is 50.2. The highest BCUT2D eigenvalue weighted by Gasteiger charge is 2.50. The fraction of sp³-hybridized carbons (Fsp3) is 0.491. The number of primary amides is 1. The van der Waals surface area contributed by atoms with Gasteiger partial charge in [-0.2, -0.15) is 0 Å². The molecule has 2 atom stereocenters. The van der Waals surface area contributed by atoms with Crippen LogP contribution in [0.15, 0.2) is 83.9 Å². The van der Waals surface area contributed by atoms with E-state index in [1.165, 1.54) is 31.7 Å². The van der Waals surface area contributed by atoms with Gasteiger partial charge in [0.1, 0.15) is 11.6 Å². The molecule has 4 fully saturated rings. The monoisotopic (exact) mass is 993 g/mol. The summed E-state index contributed by atoms with van der Waals surface area (Å²) < 4.78 is 45.9. The number of fused-ring (bicyclic) bond motifs is 1. The number of aromatic nitrogens is 1. The maximum atomic E-state index is 16.2. The van der Waals surface area contributed by atoms with E-state index in [0.29, 0.717) is 54.7 Å². The van der Waals surface area contributed by atoms with Gasteiger partial charge in [-0.15, -0.1) is 0 Å². The molecule has 16 heteroatoms. The van der Waals surface area contributed by atoms with E-state index in [2.05, 4.69) is 27.0 Å². The fourth-order valence-corrected chi connectivity index (χ4v) is 12.2. The van der Waals surface area contributed by atoms with Gasteiger partial charge >= 0.3 is 6.03 Å². The zero-order valence-electron chi connectivity index (χ0n) is 40.8. The Bertz CT molecular complexity index is 2700. The Morgan fingerprint density at radius 1 is 0.915 bits per heavy atom. The van der Waals surface area contributed by atoms with Crippen LogP contribution in [0.25, 0.3) is 11.1 Å². The lowest BCUT2D eigenvalue weighted by Gasteiger charge is -2.39. The van der Waals surface area contributed by atoms with Gasteiger partial charge in [-0.25, -0.2) is 13.6 Å². The SMILES string of the molecule is C=C1CCN(Cc2cccn(CCN3CCC(CC4CCN(C(=O)C5CCC(NC[C@]6(c7ccccc7)Oc7cc(F)c(Cl)c(-c8c(C(N)=O)ccc(OC)c8F)c7[C@@H]6C)CC5)CC4)CC3)c2=O)C(=O)N1. The number of methoxy groups -OCH3 is 1. The van der Waals surface area contributed by atoms with E-state index < -0.39 is 29.1 Å². The first-order valence-electron chi connectivity index (χ1n) is 25.3. The zero-order valence-corrected chi connectivity index (χ0v) is 41.6. The number of ether oxygens (including phenoxy) is 2. The van der Waals surface area contributed by atoms with Crippen LogP contribution >= 0.6 is 11.6 Å². The van der Waals surface area contributed by atoms with E-state index in [0.717, 1.165) is 89.7 Å². The molecule has 378 valence electrons. The van der Waals surface area contributed by atoms with Crippen LogP contribution in [0.4, 0.5) is 13.6 Å². The Hall–Kier alpha value is -5.77. The molecule has 3 aromatic carbocycles. The topological polar surface area (TPSA) is 151 Å². The Morgan fingerprint density at radius 3 is 2.30 bits per heavy atom. The minimum absolute atomic E-state index is 0.00260. The maximum absolute atomic E-state index is 16.2. The van der Waals surface area contributed by atoms with E-state index in [1.54, 1.807) is 9.47 Å². The number of nitrogens with zero attached hydrogens (tertiary/aromatic N) is 4. The van der Waals surface area contributed by atoms with Crippen molar-refractivity contribution in [1.29, 1.82) is 0 Å². The summed E-state index contributed by atoms with van der Waals surface area (Å²) >= 11 is 6.70. The molecular formula is C55H66ClF2N7O6. The van der Waals surface area contributed by atoms with Crippen molar-refractivity contribution in [2.24, 2.45) is 23.5 Å². The molecule has 4 amide bonds. The lowest BCUT2D eigenvalue weighted by molar-refractivity contribution is -0.138. The number of hydrogen-bond donors (Lipinski definition) is 3. The molecule has 1 aromatic heterocycles. The quantitative estimate of drug-likeness (QED) is 0.107. The smallest absolute Gasteiger partial charge is 0.321 e. The lowest BCUT2D eigenvalue weighted by Crippen LogP contribution is -2.49. The summed E-state index contributed by atoms with van der Waals surface area (Å²) in [5.74, 6) is -1.54. The Labute approximate surface area is 419 Å². The highest BCUT2D eigenvalue weighted by molar-refractivity contribution is 6.34. The number of rotatable bonds is 15. The second-order valence-electron chi connectivity index (χ2n) is 20.4. The molecule has 0 unspecified atom stereocenters. The largest absolute Gasteiger partial charge is 0.494 e. The molecule has 13 nitrogen and oxygen atoms in total. The molecule has 5 heterocycles. The first-order chi connectivity index (χ1) is 34.2.